The van der Waals surface area contributed by atoms with Crippen LogP contribution in [-0.2, 0) is 9.59 Å². The first-order valence-corrected chi connectivity index (χ1v) is 10.2. The monoisotopic (exact) mass is 403 g/mol. The maximum absolute atomic E-state index is 12.9. The summed E-state index contributed by atoms with van der Waals surface area (Å²) in [5, 5.41) is 8.20. The number of aromatic nitrogens is 3. The average Bonchev–Trinajstić information content (AvgIpc) is 3.12. The van der Waals surface area contributed by atoms with Crippen molar-refractivity contribution >= 4 is 17.8 Å². The number of rotatable bonds is 6. The number of unbranched alkanes of at least 4 members (excludes halogenated alkanes) is 1. The standard InChI is InChI=1S/C19H29N7O3/c1-3-4-9-25-17(27)14(15(20)21)18(28)26(19(25)29)10-12-5-7-13(8-6-12)16-22-11(2)23-24-16/h12-13H,3-10,20-21H2,1-2H3,(H,22,23,24). The molecular weight excluding hydrogens is 374 g/mol. The van der Waals surface area contributed by atoms with Gasteiger partial charge in [-0.2, -0.15) is 0 Å². The Bertz CT molecular complexity index is 820. The first-order valence-electron chi connectivity index (χ1n) is 10.2. The van der Waals surface area contributed by atoms with Crippen molar-refractivity contribution in [2.45, 2.75) is 58.3 Å². The minimum Gasteiger partial charge on any atom is -0.385 e. The number of amides is 4. The molecule has 10 nitrogen and oxygen atoms in total. The third kappa shape index (κ3) is 4.25. The highest BCUT2D eigenvalue weighted by Gasteiger charge is 2.44. The van der Waals surface area contributed by atoms with E-state index in [-0.39, 0.29) is 30.4 Å². The Morgan fingerprint density at radius 3 is 2.28 bits per heavy atom. The molecule has 0 bridgehead atoms. The molecule has 158 valence electrons. The summed E-state index contributed by atoms with van der Waals surface area (Å²) in [4.78, 5) is 43.6. The smallest absolute Gasteiger partial charge is 0.333 e. The van der Waals surface area contributed by atoms with Gasteiger partial charge in [0, 0.05) is 19.0 Å². The highest BCUT2D eigenvalue weighted by Crippen LogP contribution is 2.35. The minimum atomic E-state index is -0.700. The molecule has 2 fully saturated rings. The zero-order chi connectivity index (χ0) is 21.1. The number of nitrogens with two attached hydrogens (primary N) is 2. The summed E-state index contributed by atoms with van der Waals surface area (Å²) in [7, 11) is 0. The van der Waals surface area contributed by atoms with E-state index in [1.54, 1.807) is 0 Å². The maximum atomic E-state index is 12.9. The number of barbiturate groups is 1. The molecule has 5 N–H and O–H groups in total. The van der Waals surface area contributed by atoms with Gasteiger partial charge in [0.1, 0.15) is 23.0 Å². The Morgan fingerprint density at radius 1 is 1.07 bits per heavy atom. The van der Waals surface area contributed by atoms with Crippen molar-refractivity contribution in [3.63, 3.8) is 0 Å². The topological polar surface area (TPSA) is 151 Å². The third-order valence-electron chi connectivity index (χ3n) is 5.69. The zero-order valence-corrected chi connectivity index (χ0v) is 17.0. The predicted molar refractivity (Wildman–Crippen MR) is 105 cm³/mol. The first kappa shape index (κ1) is 20.8. The molecule has 2 aliphatic rings. The van der Waals surface area contributed by atoms with Crippen LogP contribution in [0.15, 0.2) is 11.4 Å². The number of imide groups is 2. The Balaban J connectivity index is 1.70. The number of nitrogens with one attached hydrogen (secondary N) is 1. The molecule has 1 saturated carbocycles. The lowest BCUT2D eigenvalue weighted by atomic mass is 9.81. The van der Waals surface area contributed by atoms with Crippen LogP contribution in [0.4, 0.5) is 4.79 Å². The molecule has 0 unspecified atom stereocenters. The van der Waals surface area contributed by atoms with Crippen LogP contribution in [0.1, 0.15) is 63.0 Å². The van der Waals surface area contributed by atoms with Crippen molar-refractivity contribution in [2.24, 2.45) is 17.4 Å². The van der Waals surface area contributed by atoms with E-state index in [0.717, 1.165) is 53.6 Å². The van der Waals surface area contributed by atoms with Gasteiger partial charge in [0.25, 0.3) is 11.8 Å². The number of aryl methyl sites for hydroxylation is 1. The second-order valence-electron chi connectivity index (χ2n) is 7.85. The molecule has 1 aromatic rings. The van der Waals surface area contributed by atoms with E-state index in [4.69, 9.17) is 11.5 Å². The second-order valence-corrected chi connectivity index (χ2v) is 7.85. The number of H-pyrrole nitrogens is 1. The Morgan fingerprint density at radius 2 is 1.72 bits per heavy atom. The van der Waals surface area contributed by atoms with E-state index in [2.05, 4.69) is 15.2 Å². The Labute approximate surface area is 169 Å². The third-order valence-corrected chi connectivity index (χ3v) is 5.69. The van der Waals surface area contributed by atoms with Gasteiger partial charge < -0.3 is 16.5 Å². The van der Waals surface area contributed by atoms with Gasteiger partial charge in [-0.25, -0.2) is 4.79 Å². The highest BCUT2D eigenvalue weighted by molar-refractivity contribution is 6.29. The molecule has 0 radical (unpaired) electrons. The maximum Gasteiger partial charge on any atom is 0.333 e. The van der Waals surface area contributed by atoms with Gasteiger partial charge >= 0.3 is 6.03 Å². The molecule has 2 heterocycles. The normalized spacial score (nSPS) is 23.1. The molecule has 0 atom stereocenters. The fourth-order valence-corrected chi connectivity index (χ4v) is 4.03. The fraction of sp³-hybridized carbons (Fsp3) is 0.632. The van der Waals surface area contributed by atoms with E-state index in [9.17, 15) is 14.4 Å². The van der Waals surface area contributed by atoms with Gasteiger partial charge in [0.05, 0.1) is 0 Å². The van der Waals surface area contributed by atoms with Crippen LogP contribution in [0, 0.1) is 12.8 Å². The van der Waals surface area contributed by atoms with Crippen molar-refractivity contribution in [3.05, 3.63) is 23.0 Å². The summed E-state index contributed by atoms with van der Waals surface area (Å²) in [6, 6.07) is -0.577. The van der Waals surface area contributed by atoms with E-state index < -0.39 is 17.8 Å². The minimum absolute atomic E-state index is 0.157. The molecule has 4 amide bonds. The van der Waals surface area contributed by atoms with Gasteiger partial charge in [0.2, 0.25) is 0 Å². The van der Waals surface area contributed by atoms with Crippen molar-refractivity contribution in [1.82, 2.24) is 25.0 Å². The molecule has 29 heavy (non-hydrogen) atoms. The van der Waals surface area contributed by atoms with Crippen molar-refractivity contribution in [1.29, 1.82) is 0 Å². The summed E-state index contributed by atoms with van der Waals surface area (Å²) >= 11 is 0. The van der Waals surface area contributed by atoms with E-state index in [1.807, 2.05) is 13.8 Å². The molecule has 0 aromatic carbocycles. The number of aromatic amines is 1. The van der Waals surface area contributed by atoms with E-state index >= 15 is 0 Å². The van der Waals surface area contributed by atoms with Gasteiger partial charge in [0.15, 0.2) is 0 Å². The summed E-state index contributed by atoms with van der Waals surface area (Å²) in [6.45, 7) is 4.33. The quantitative estimate of drug-likeness (QED) is 0.475. The second kappa shape index (κ2) is 8.62. The Hall–Kier alpha value is -2.91. The van der Waals surface area contributed by atoms with Crippen molar-refractivity contribution in [2.75, 3.05) is 13.1 Å². The van der Waals surface area contributed by atoms with Gasteiger partial charge in [-0.3, -0.25) is 19.4 Å². The number of urea groups is 1. The SMILES string of the molecule is CCCCN1C(=O)C(=C(N)N)C(=O)N(CC2CCC(c3nnc(C)[nH]3)CC2)C1=O. The van der Waals surface area contributed by atoms with Gasteiger partial charge in [-0.1, -0.05) is 13.3 Å². The molecular formula is C19H29N7O3. The van der Waals surface area contributed by atoms with Crippen LogP contribution in [0.25, 0.3) is 0 Å². The number of carbonyl (C=O) groups excluding carboxylic acids is 3. The number of hydrogen-bond donors (Lipinski definition) is 3. The predicted octanol–water partition coefficient (Wildman–Crippen LogP) is 1.11. The van der Waals surface area contributed by atoms with Crippen LogP contribution in [0.2, 0.25) is 0 Å². The van der Waals surface area contributed by atoms with Crippen LogP contribution in [-0.4, -0.2) is 55.9 Å². The molecule has 1 aromatic heterocycles. The fourth-order valence-electron chi connectivity index (χ4n) is 4.03. The Kier molecular flexibility index (Phi) is 6.19. The summed E-state index contributed by atoms with van der Waals surface area (Å²) < 4.78 is 0. The number of nitrogens with zero attached hydrogens (tertiary/aromatic N) is 4. The van der Waals surface area contributed by atoms with Gasteiger partial charge in [-0.15, -0.1) is 10.2 Å². The molecule has 1 saturated heterocycles. The largest absolute Gasteiger partial charge is 0.385 e. The number of hydrogen-bond acceptors (Lipinski definition) is 7. The van der Waals surface area contributed by atoms with Crippen LogP contribution < -0.4 is 11.5 Å². The van der Waals surface area contributed by atoms with Gasteiger partial charge in [-0.05, 0) is 44.9 Å². The molecule has 3 rings (SSSR count). The summed E-state index contributed by atoms with van der Waals surface area (Å²) in [5.41, 5.74) is 10.9. The summed E-state index contributed by atoms with van der Waals surface area (Å²) in [6.07, 6.45) is 4.96. The lowest BCUT2D eigenvalue weighted by molar-refractivity contribution is -0.136. The van der Waals surface area contributed by atoms with E-state index in [1.165, 1.54) is 0 Å². The molecule has 10 heteroatoms. The number of carbonyl (C=O) groups is 3. The first-order chi connectivity index (χ1) is 13.8. The molecule has 0 spiro atoms. The van der Waals surface area contributed by atoms with E-state index in [0.29, 0.717) is 12.3 Å². The van der Waals surface area contributed by atoms with Crippen LogP contribution >= 0.6 is 0 Å². The van der Waals surface area contributed by atoms with Crippen LogP contribution in [0.3, 0.4) is 0 Å². The van der Waals surface area contributed by atoms with Crippen LogP contribution in [0.5, 0.6) is 0 Å². The summed E-state index contributed by atoms with van der Waals surface area (Å²) in [5.74, 6) is 0.409. The molecule has 1 aliphatic carbocycles. The van der Waals surface area contributed by atoms with Crippen molar-refractivity contribution in [3.8, 4) is 0 Å². The average molecular weight is 403 g/mol. The lowest BCUT2D eigenvalue weighted by Crippen LogP contribution is -2.58. The zero-order valence-electron chi connectivity index (χ0n) is 17.0. The molecule has 1 aliphatic heterocycles. The van der Waals surface area contributed by atoms with Crippen molar-refractivity contribution < 1.29 is 14.4 Å². The highest BCUT2D eigenvalue weighted by atomic mass is 16.2. The lowest BCUT2D eigenvalue weighted by Gasteiger charge is -2.37.